The average Bonchev–Trinajstić information content (AvgIpc) is 2.27. The largest absolute Gasteiger partial charge is 0.465 e. The summed E-state index contributed by atoms with van der Waals surface area (Å²) in [5.41, 5.74) is 0.454. The smallest absolute Gasteiger partial charge is 0.325 e. The molecular formula is C13H18BrNO2. The number of hydrogen-bond donors (Lipinski definition) is 1. The summed E-state index contributed by atoms with van der Waals surface area (Å²) >= 11 is 3.42. The number of esters is 1. The van der Waals surface area contributed by atoms with Gasteiger partial charge in [0.05, 0.1) is 6.61 Å². The van der Waals surface area contributed by atoms with Crippen LogP contribution >= 0.6 is 15.9 Å². The van der Waals surface area contributed by atoms with Crippen molar-refractivity contribution in [1.82, 2.24) is 5.32 Å². The van der Waals surface area contributed by atoms with Gasteiger partial charge < -0.3 is 4.74 Å². The first kappa shape index (κ1) is 14.2. The molecule has 4 heteroatoms. The molecule has 0 heterocycles. The van der Waals surface area contributed by atoms with Gasteiger partial charge in [-0.15, -0.1) is 0 Å². The fourth-order valence-corrected chi connectivity index (χ4v) is 1.80. The van der Waals surface area contributed by atoms with Gasteiger partial charge in [-0.25, -0.2) is 0 Å². The molecule has 0 spiro atoms. The Bertz CT molecular complexity index is 391. The highest BCUT2D eigenvalue weighted by molar-refractivity contribution is 9.10. The Kier molecular flexibility index (Phi) is 5.15. The molecule has 0 saturated carbocycles. The second-order valence-electron chi connectivity index (χ2n) is 4.33. The third-order valence-corrected chi connectivity index (χ3v) is 2.90. The molecule has 17 heavy (non-hydrogen) atoms. The van der Waals surface area contributed by atoms with E-state index in [9.17, 15) is 4.79 Å². The maximum Gasteiger partial charge on any atom is 0.325 e. The molecule has 0 fully saturated rings. The van der Waals surface area contributed by atoms with Gasteiger partial charge in [-0.1, -0.05) is 28.1 Å². The van der Waals surface area contributed by atoms with Crippen LogP contribution in [0.5, 0.6) is 0 Å². The first-order chi connectivity index (χ1) is 7.95. The summed E-state index contributed by atoms with van der Waals surface area (Å²) < 4.78 is 6.04. The van der Waals surface area contributed by atoms with Crippen LogP contribution in [0.3, 0.4) is 0 Å². The van der Waals surface area contributed by atoms with Crippen molar-refractivity contribution in [1.29, 1.82) is 0 Å². The molecule has 1 aromatic carbocycles. The summed E-state index contributed by atoms with van der Waals surface area (Å²) in [6, 6.07) is 7.98. The number of hydrogen-bond acceptors (Lipinski definition) is 3. The van der Waals surface area contributed by atoms with Crippen LogP contribution in [0, 0.1) is 0 Å². The standard InChI is InChI=1S/C13H18BrNO2/c1-4-17-12(16)13(2,3)15-9-10-6-5-7-11(14)8-10/h5-8,15H,4,9H2,1-3H3. The summed E-state index contributed by atoms with van der Waals surface area (Å²) in [7, 11) is 0. The van der Waals surface area contributed by atoms with E-state index in [4.69, 9.17) is 4.74 Å². The third kappa shape index (κ3) is 4.48. The predicted molar refractivity (Wildman–Crippen MR) is 71.7 cm³/mol. The highest BCUT2D eigenvalue weighted by atomic mass is 79.9. The molecule has 1 N–H and O–H groups in total. The zero-order valence-electron chi connectivity index (χ0n) is 10.4. The number of benzene rings is 1. The minimum atomic E-state index is -0.668. The summed E-state index contributed by atoms with van der Waals surface area (Å²) in [5.74, 6) is -0.227. The van der Waals surface area contributed by atoms with E-state index >= 15 is 0 Å². The second-order valence-corrected chi connectivity index (χ2v) is 5.24. The van der Waals surface area contributed by atoms with Crippen molar-refractivity contribution in [3.05, 3.63) is 34.3 Å². The van der Waals surface area contributed by atoms with Crippen molar-refractivity contribution in [2.45, 2.75) is 32.9 Å². The fourth-order valence-electron chi connectivity index (χ4n) is 1.35. The van der Waals surface area contributed by atoms with Gasteiger partial charge in [0.15, 0.2) is 0 Å². The lowest BCUT2D eigenvalue weighted by molar-refractivity contribution is -0.149. The van der Waals surface area contributed by atoms with E-state index in [1.807, 2.05) is 45.0 Å². The van der Waals surface area contributed by atoms with Crippen molar-refractivity contribution in [3.8, 4) is 0 Å². The fraction of sp³-hybridized carbons (Fsp3) is 0.462. The van der Waals surface area contributed by atoms with Gasteiger partial charge in [0.25, 0.3) is 0 Å². The summed E-state index contributed by atoms with van der Waals surface area (Å²) in [5, 5.41) is 3.19. The van der Waals surface area contributed by atoms with E-state index in [0.29, 0.717) is 13.2 Å². The van der Waals surface area contributed by atoms with Crippen molar-refractivity contribution in [3.63, 3.8) is 0 Å². The lowest BCUT2D eigenvalue weighted by atomic mass is 10.1. The molecule has 0 aliphatic carbocycles. The van der Waals surface area contributed by atoms with Gasteiger partial charge in [0, 0.05) is 11.0 Å². The topological polar surface area (TPSA) is 38.3 Å². The van der Waals surface area contributed by atoms with Crippen molar-refractivity contribution in [2.75, 3.05) is 6.61 Å². The predicted octanol–water partition coefficient (Wildman–Crippen LogP) is 2.88. The molecule has 0 saturated heterocycles. The molecule has 94 valence electrons. The number of ether oxygens (including phenoxy) is 1. The summed E-state index contributed by atoms with van der Waals surface area (Å²) in [4.78, 5) is 11.7. The Labute approximate surface area is 111 Å². The van der Waals surface area contributed by atoms with E-state index in [0.717, 1.165) is 10.0 Å². The van der Waals surface area contributed by atoms with Crippen LogP contribution in [0.4, 0.5) is 0 Å². The van der Waals surface area contributed by atoms with Crippen LogP contribution in [0.2, 0.25) is 0 Å². The minimum Gasteiger partial charge on any atom is -0.465 e. The van der Waals surface area contributed by atoms with Crippen molar-refractivity contribution in [2.24, 2.45) is 0 Å². The average molecular weight is 300 g/mol. The van der Waals surface area contributed by atoms with E-state index in [1.54, 1.807) is 0 Å². The van der Waals surface area contributed by atoms with Crippen LogP contribution in [-0.2, 0) is 16.1 Å². The van der Waals surface area contributed by atoms with Crippen LogP contribution < -0.4 is 5.32 Å². The molecule has 1 aromatic rings. The van der Waals surface area contributed by atoms with Crippen molar-refractivity contribution >= 4 is 21.9 Å². The van der Waals surface area contributed by atoms with Gasteiger partial charge >= 0.3 is 5.97 Å². The maximum absolute atomic E-state index is 11.7. The minimum absolute atomic E-state index is 0.227. The Morgan fingerprint density at radius 3 is 2.76 bits per heavy atom. The van der Waals surface area contributed by atoms with Crippen molar-refractivity contribution < 1.29 is 9.53 Å². The van der Waals surface area contributed by atoms with E-state index in [-0.39, 0.29) is 5.97 Å². The van der Waals surface area contributed by atoms with Crippen LogP contribution in [0.25, 0.3) is 0 Å². The Balaban J connectivity index is 2.57. The molecule has 0 radical (unpaired) electrons. The first-order valence-corrected chi connectivity index (χ1v) is 6.41. The zero-order chi connectivity index (χ0) is 12.9. The van der Waals surface area contributed by atoms with Crippen LogP contribution in [0.1, 0.15) is 26.3 Å². The number of halogens is 1. The summed E-state index contributed by atoms with van der Waals surface area (Å²) in [6.07, 6.45) is 0. The molecule has 0 aromatic heterocycles. The summed E-state index contributed by atoms with van der Waals surface area (Å²) in [6.45, 7) is 6.49. The van der Waals surface area contributed by atoms with Gasteiger partial charge in [-0.3, -0.25) is 10.1 Å². The molecule has 1 rings (SSSR count). The molecular weight excluding hydrogens is 282 g/mol. The molecule has 0 aliphatic rings. The lowest BCUT2D eigenvalue weighted by Crippen LogP contribution is -2.47. The quantitative estimate of drug-likeness (QED) is 0.850. The maximum atomic E-state index is 11.7. The molecule has 0 atom stereocenters. The van der Waals surface area contributed by atoms with Gasteiger partial charge in [-0.2, -0.15) is 0 Å². The third-order valence-electron chi connectivity index (χ3n) is 2.41. The van der Waals surface area contributed by atoms with E-state index in [2.05, 4.69) is 21.2 Å². The molecule has 3 nitrogen and oxygen atoms in total. The van der Waals surface area contributed by atoms with E-state index in [1.165, 1.54) is 0 Å². The van der Waals surface area contributed by atoms with Gasteiger partial charge in [0.1, 0.15) is 5.54 Å². The van der Waals surface area contributed by atoms with E-state index < -0.39 is 5.54 Å². The number of nitrogens with one attached hydrogen (secondary N) is 1. The molecule has 0 bridgehead atoms. The highest BCUT2D eigenvalue weighted by Gasteiger charge is 2.28. The molecule has 0 unspecified atom stereocenters. The van der Waals surface area contributed by atoms with Gasteiger partial charge in [-0.05, 0) is 38.5 Å². The second kappa shape index (κ2) is 6.17. The van der Waals surface area contributed by atoms with Gasteiger partial charge in [0.2, 0.25) is 0 Å². The SMILES string of the molecule is CCOC(=O)C(C)(C)NCc1cccc(Br)c1. The number of rotatable bonds is 5. The lowest BCUT2D eigenvalue weighted by Gasteiger charge is -2.24. The highest BCUT2D eigenvalue weighted by Crippen LogP contribution is 2.13. The Morgan fingerprint density at radius 1 is 1.47 bits per heavy atom. The van der Waals surface area contributed by atoms with Crippen LogP contribution in [-0.4, -0.2) is 18.1 Å². The number of carbonyl (C=O) groups excluding carboxylic acids is 1. The molecule has 0 aliphatic heterocycles. The first-order valence-electron chi connectivity index (χ1n) is 5.62. The number of carbonyl (C=O) groups is 1. The van der Waals surface area contributed by atoms with Crippen LogP contribution in [0.15, 0.2) is 28.7 Å². The normalized spacial score (nSPS) is 11.3. The Hall–Kier alpha value is -0.870. The monoisotopic (exact) mass is 299 g/mol. The zero-order valence-corrected chi connectivity index (χ0v) is 12.0. The molecule has 0 amide bonds. The Morgan fingerprint density at radius 2 is 2.18 bits per heavy atom.